The Hall–Kier alpha value is -2.44. The molecule has 0 aromatic heterocycles. The number of benzene rings is 2. The minimum atomic E-state index is -3.70. The van der Waals surface area contributed by atoms with E-state index < -0.39 is 16.0 Å². The Balaban J connectivity index is 1.71. The van der Waals surface area contributed by atoms with Gasteiger partial charge in [-0.05, 0) is 36.6 Å². The molecular weight excluding hydrogens is 362 g/mol. The minimum absolute atomic E-state index is 0.0175. The summed E-state index contributed by atoms with van der Waals surface area (Å²) in [6.45, 7) is 1.06. The number of ether oxygens (including phenoxy) is 1. The van der Waals surface area contributed by atoms with E-state index in [2.05, 4.69) is 0 Å². The van der Waals surface area contributed by atoms with Crippen molar-refractivity contribution in [3.8, 4) is 0 Å². The van der Waals surface area contributed by atoms with Gasteiger partial charge in [0.15, 0.2) is 0 Å². The van der Waals surface area contributed by atoms with Crippen LogP contribution in [0.2, 0.25) is 0 Å². The summed E-state index contributed by atoms with van der Waals surface area (Å²) in [5.41, 5.74) is 1.08. The fourth-order valence-corrected chi connectivity index (χ4v) is 4.75. The first-order valence-electron chi connectivity index (χ1n) is 9.07. The summed E-state index contributed by atoms with van der Waals surface area (Å²) in [5.74, 6) is -0.635. The Morgan fingerprint density at radius 1 is 0.963 bits per heavy atom. The van der Waals surface area contributed by atoms with E-state index in [-0.39, 0.29) is 17.1 Å². The van der Waals surface area contributed by atoms with Gasteiger partial charge in [0.1, 0.15) is 6.61 Å². The molecule has 5 nitrogen and oxygen atoms in total. The van der Waals surface area contributed by atoms with Gasteiger partial charge in [0.2, 0.25) is 10.0 Å². The molecule has 1 aliphatic heterocycles. The molecular formula is C21H23NO4S. The highest BCUT2D eigenvalue weighted by molar-refractivity contribution is 7.89. The van der Waals surface area contributed by atoms with Crippen LogP contribution in [0.4, 0.5) is 0 Å². The second-order valence-electron chi connectivity index (χ2n) is 6.37. The van der Waals surface area contributed by atoms with Crippen molar-refractivity contribution >= 4 is 22.1 Å². The van der Waals surface area contributed by atoms with E-state index in [0.29, 0.717) is 13.1 Å². The second-order valence-corrected chi connectivity index (χ2v) is 8.28. The number of sulfonamides is 1. The zero-order valence-corrected chi connectivity index (χ0v) is 15.9. The van der Waals surface area contributed by atoms with Gasteiger partial charge in [0.05, 0.1) is 10.5 Å². The van der Waals surface area contributed by atoms with Gasteiger partial charge in [-0.15, -0.1) is 0 Å². The van der Waals surface area contributed by atoms with Crippen molar-refractivity contribution in [2.45, 2.75) is 24.2 Å². The molecule has 142 valence electrons. The molecule has 1 aliphatic rings. The van der Waals surface area contributed by atoms with Crippen LogP contribution in [0.3, 0.4) is 0 Å². The second kappa shape index (κ2) is 8.97. The fraction of sp³-hybridized carbons (Fsp3) is 0.286. The van der Waals surface area contributed by atoms with Crippen molar-refractivity contribution in [1.82, 2.24) is 4.31 Å². The van der Waals surface area contributed by atoms with Crippen molar-refractivity contribution in [1.29, 1.82) is 0 Å². The van der Waals surface area contributed by atoms with Crippen LogP contribution in [0.25, 0.3) is 6.08 Å². The minimum Gasteiger partial charge on any atom is -0.458 e. The number of piperidine rings is 1. The van der Waals surface area contributed by atoms with Gasteiger partial charge >= 0.3 is 5.97 Å². The molecule has 0 spiro atoms. The van der Waals surface area contributed by atoms with Crippen LogP contribution in [-0.2, 0) is 14.8 Å². The lowest BCUT2D eigenvalue weighted by atomic mass is 10.2. The summed E-state index contributed by atoms with van der Waals surface area (Å²) >= 11 is 0. The quantitative estimate of drug-likeness (QED) is 0.711. The first-order chi connectivity index (χ1) is 13.1. The highest BCUT2D eigenvalue weighted by Crippen LogP contribution is 2.24. The summed E-state index contributed by atoms with van der Waals surface area (Å²) < 4.78 is 32.6. The molecule has 0 radical (unpaired) electrons. The maximum Gasteiger partial charge on any atom is 0.339 e. The number of hydrogen-bond acceptors (Lipinski definition) is 4. The molecule has 0 amide bonds. The van der Waals surface area contributed by atoms with E-state index >= 15 is 0 Å². The molecule has 1 heterocycles. The lowest BCUT2D eigenvalue weighted by Crippen LogP contribution is -2.36. The highest BCUT2D eigenvalue weighted by Gasteiger charge is 2.30. The third kappa shape index (κ3) is 4.84. The van der Waals surface area contributed by atoms with Crippen LogP contribution in [-0.4, -0.2) is 38.4 Å². The Morgan fingerprint density at radius 2 is 1.63 bits per heavy atom. The van der Waals surface area contributed by atoms with Gasteiger partial charge in [0.25, 0.3) is 0 Å². The van der Waals surface area contributed by atoms with E-state index in [4.69, 9.17) is 4.74 Å². The number of esters is 1. The molecule has 27 heavy (non-hydrogen) atoms. The maximum absolute atomic E-state index is 12.9. The smallest absolute Gasteiger partial charge is 0.339 e. The molecule has 1 fully saturated rings. The molecule has 1 saturated heterocycles. The average Bonchev–Trinajstić information content (AvgIpc) is 2.72. The summed E-state index contributed by atoms with van der Waals surface area (Å²) in [6.07, 6.45) is 6.30. The number of carbonyl (C=O) groups is 1. The molecule has 6 heteroatoms. The Labute approximate surface area is 160 Å². The van der Waals surface area contributed by atoms with Gasteiger partial charge in [-0.25, -0.2) is 13.2 Å². The zero-order valence-electron chi connectivity index (χ0n) is 15.1. The maximum atomic E-state index is 12.9. The Morgan fingerprint density at radius 3 is 2.37 bits per heavy atom. The largest absolute Gasteiger partial charge is 0.458 e. The first-order valence-corrected chi connectivity index (χ1v) is 10.5. The van der Waals surface area contributed by atoms with Crippen LogP contribution in [0.15, 0.2) is 65.6 Å². The number of rotatable bonds is 6. The molecule has 0 aliphatic carbocycles. The Bertz CT molecular complexity index is 901. The zero-order chi connectivity index (χ0) is 19.1. The van der Waals surface area contributed by atoms with Crippen LogP contribution in [0.1, 0.15) is 35.2 Å². The van der Waals surface area contributed by atoms with Crippen molar-refractivity contribution < 1.29 is 17.9 Å². The van der Waals surface area contributed by atoms with Gasteiger partial charge in [0, 0.05) is 13.1 Å². The monoisotopic (exact) mass is 385 g/mol. The van der Waals surface area contributed by atoms with E-state index in [1.807, 2.05) is 36.4 Å². The van der Waals surface area contributed by atoms with E-state index in [1.165, 1.54) is 16.4 Å². The summed E-state index contributed by atoms with van der Waals surface area (Å²) in [4.78, 5) is 12.5. The average molecular weight is 385 g/mol. The highest BCUT2D eigenvalue weighted by atomic mass is 32.2. The van der Waals surface area contributed by atoms with Crippen LogP contribution in [0.5, 0.6) is 0 Å². The van der Waals surface area contributed by atoms with Crippen molar-refractivity contribution in [2.24, 2.45) is 0 Å². The predicted molar refractivity (Wildman–Crippen MR) is 105 cm³/mol. The predicted octanol–water partition coefficient (Wildman–Crippen LogP) is 3.73. The summed E-state index contributed by atoms with van der Waals surface area (Å²) in [6, 6.07) is 15.9. The normalized spacial score (nSPS) is 15.7. The summed E-state index contributed by atoms with van der Waals surface area (Å²) in [7, 11) is -3.70. The van der Waals surface area contributed by atoms with Crippen molar-refractivity contribution in [3.05, 3.63) is 71.8 Å². The van der Waals surface area contributed by atoms with E-state index in [1.54, 1.807) is 18.2 Å². The lowest BCUT2D eigenvalue weighted by molar-refractivity contribution is 0.0545. The molecule has 0 saturated carbocycles. The topological polar surface area (TPSA) is 63.7 Å². The lowest BCUT2D eigenvalue weighted by Gasteiger charge is -2.26. The molecule has 2 aromatic carbocycles. The van der Waals surface area contributed by atoms with Gasteiger partial charge < -0.3 is 4.74 Å². The standard InChI is InChI=1S/C21H23NO4S/c23-21(26-17-9-12-18-10-3-1-4-11-18)19-13-5-6-14-20(19)27(24,25)22-15-7-2-8-16-22/h1,3-6,9-14H,2,7-8,15-17H2/b12-9+. The fourth-order valence-electron chi connectivity index (χ4n) is 3.05. The number of nitrogens with zero attached hydrogens (tertiary/aromatic N) is 1. The SMILES string of the molecule is O=C(OC/C=C/c1ccccc1)c1ccccc1S(=O)(=O)N1CCCCC1. The number of hydrogen-bond donors (Lipinski definition) is 0. The van der Waals surface area contributed by atoms with Crippen LogP contribution < -0.4 is 0 Å². The third-order valence-corrected chi connectivity index (χ3v) is 6.42. The Kier molecular flexibility index (Phi) is 6.42. The molecule has 2 aromatic rings. The molecule has 0 unspecified atom stereocenters. The van der Waals surface area contributed by atoms with Gasteiger partial charge in [-0.2, -0.15) is 4.31 Å². The van der Waals surface area contributed by atoms with E-state index in [9.17, 15) is 13.2 Å². The molecule has 0 N–H and O–H groups in total. The molecule has 0 bridgehead atoms. The van der Waals surface area contributed by atoms with Crippen molar-refractivity contribution in [3.63, 3.8) is 0 Å². The first kappa shape index (κ1) is 19.3. The number of carbonyl (C=O) groups excluding carboxylic acids is 1. The van der Waals surface area contributed by atoms with Crippen LogP contribution in [0, 0.1) is 0 Å². The third-order valence-electron chi connectivity index (χ3n) is 4.46. The summed E-state index contributed by atoms with van der Waals surface area (Å²) in [5, 5.41) is 0. The molecule has 0 atom stereocenters. The van der Waals surface area contributed by atoms with E-state index in [0.717, 1.165) is 24.8 Å². The van der Waals surface area contributed by atoms with Gasteiger partial charge in [-0.1, -0.05) is 55.0 Å². The van der Waals surface area contributed by atoms with Crippen molar-refractivity contribution in [2.75, 3.05) is 19.7 Å². The molecule has 3 rings (SSSR count). The van der Waals surface area contributed by atoms with Gasteiger partial charge in [-0.3, -0.25) is 0 Å². The van der Waals surface area contributed by atoms with Crippen LogP contribution >= 0.6 is 0 Å².